The van der Waals surface area contributed by atoms with Crippen molar-refractivity contribution < 1.29 is 4.79 Å². The molecule has 15 heavy (non-hydrogen) atoms. The van der Waals surface area contributed by atoms with Gasteiger partial charge in [0.2, 0.25) is 0 Å². The number of rotatable bonds is 3. The average Bonchev–Trinajstić information content (AvgIpc) is 2.16. The van der Waals surface area contributed by atoms with Gasteiger partial charge in [0.1, 0.15) is 0 Å². The third-order valence-electron chi connectivity index (χ3n) is 2.26. The summed E-state index contributed by atoms with van der Waals surface area (Å²) in [5, 5.41) is 8.64. The van der Waals surface area contributed by atoms with Crippen LogP contribution in [0, 0.1) is 31.1 Å². The Kier molecular flexibility index (Phi) is 3.62. The van der Waals surface area contributed by atoms with Crippen molar-refractivity contribution in [1.82, 2.24) is 0 Å². The van der Waals surface area contributed by atoms with Crippen LogP contribution in [0.25, 0.3) is 0 Å². The van der Waals surface area contributed by atoms with E-state index in [1.807, 2.05) is 32.0 Å². The van der Waals surface area contributed by atoms with Gasteiger partial charge in [-0.25, -0.2) is 0 Å². The standard InChI is InChI=1S/C13H15NO/c1-9-4-10(2)6-12(5-9)13(15)7-11(3)8-14/h4-6,11H,7H2,1-3H3. The maximum absolute atomic E-state index is 11.8. The molecule has 0 aliphatic rings. The largest absolute Gasteiger partial charge is 0.294 e. The van der Waals surface area contributed by atoms with Crippen LogP contribution in [0.4, 0.5) is 0 Å². The minimum absolute atomic E-state index is 0.0517. The summed E-state index contributed by atoms with van der Waals surface area (Å²) in [6.45, 7) is 5.70. The topological polar surface area (TPSA) is 40.9 Å². The zero-order valence-corrected chi connectivity index (χ0v) is 9.37. The molecule has 0 amide bonds. The molecular formula is C13H15NO. The predicted octanol–water partition coefficient (Wildman–Crippen LogP) is 3.04. The molecular weight excluding hydrogens is 186 g/mol. The molecule has 1 aromatic rings. The fourth-order valence-corrected chi connectivity index (χ4v) is 1.58. The number of nitriles is 1. The van der Waals surface area contributed by atoms with Gasteiger partial charge in [0, 0.05) is 12.0 Å². The van der Waals surface area contributed by atoms with Crippen molar-refractivity contribution in [1.29, 1.82) is 5.26 Å². The maximum Gasteiger partial charge on any atom is 0.164 e. The van der Waals surface area contributed by atoms with Crippen LogP contribution < -0.4 is 0 Å². The summed E-state index contributed by atoms with van der Waals surface area (Å²) in [5.74, 6) is -0.158. The summed E-state index contributed by atoms with van der Waals surface area (Å²) >= 11 is 0. The van der Waals surface area contributed by atoms with Crippen molar-refractivity contribution >= 4 is 5.78 Å². The molecule has 1 rings (SSSR count). The molecule has 0 spiro atoms. The third kappa shape index (κ3) is 3.21. The number of hydrogen-bond acceptors (Lipinski definition) is 2. The van der Waals surface area contributed by atoms with Gasteiger partial charge >= 0.3 is 0 Å². The van der Waals surface area contributed by atoms with Gasteiger partial charge in [-0.3, -0.25) is 4.79 Å². The first-order chi connectivity index (χ1) is 7.02. The molecule has 0 aliphatic heterocycles. The number of Topliss-reactive ketones (excluding diaryl/α,β-unsaturated/α-hetero) is 1. The molecule has 0 saturated carbocycles. The Balaban J connectivity index is 2.88. The molecule has 0 radical (unpaired) electrons. The molecule has 2 nitrogen and oxygen atoms in total. The molecule has 0 aromatic heterocycles. The van der Waals surface area contributed by atoms with E-state index in [0.29, 0.717) is 6.42 Å². The average molecular weight is 201 g/mol. The van der Waals surface area contributed by atoms with Gasteiger partial charge in [-0.1, -0.05) is 17.2 Å². The summed E-state index contributed by atoms with van der Waals surface area (Å²) in [7, 11) is 0. The molecule has 0 heterocycles. The normalized spacial score (nSPS) is 11.9. The molecule has 2 heteroatoms. The molecule has 0 N–H and O–H groups in total. The number of ketones is 1. The highest BCUT2D eigenvalue weighted by molar-refractivity contribution is 5.96. The van der Waals surface area contributed by atoms with Crippen molar-refractivity contribution in [3.05, 3.63) is 34.9 Å². The van der Waals surface area contributed by atoms with E-state index in [-0.39, 0.29) is 11.7 Å². The van der Waals surface area contributed by atoms with Gasteiger partial charge in [-0.2, -0.15) is 5.26 Å². The number of aryl methyl sites for hydroxylation is 2. The van der Waals surface area contributed by atoms with E-state index in [2.05, 4.69) is 6.07 Å². The van der Waals surface area contributed by atoms with Crippen LogP contribution in [0.1, 0.15) is 34.8 Å². The van der Waals surface area contributed by atoms with Crippen LogP contribution in [0.3, 0.4) is 0 Å². The highest BCUT2D eigenvalue weighted by Gasteiger charge is 2.11. The van der Waals surface area contributed by atoms with E-state index in [1.54, 1.807) is 6.92 Å². The van der Waals surface area contributed by atoms with E-state index < -0.39 is 0 Å². The summed E-state index contributed by atoms with van der Waals surface area (Å²) in [4.78, 5) is 11.8. The zero-order chi connectivity index (χ0) is 11.4. The van der Waals surface area contributed by atoms with Crippen LogP contribution in [0.15, 0.2) is 18.2 Å². The second-order valence-electron chi connectivity index (χ2n) is 4.03. The van der Waals surface area contributed by atoms with E-state index in [0.717, 1.165) is 16.7 Å². The molecule has 0 bridgehead atoms. The maximum atomic E-state index is 11.8. The number of hydrogen-bond donors (Lipinski definition) is 0. The molecule has 0 fully saturated rings. The Labute approximate surface area is 90.5 Å². The quantitative estimate of drug-likeness (QED) is 0.705. The smallest absolute Gasteiger partial charge is 0.164 e. The van der Waals surface area contributed by atoms with Crippen LogP contribution >= 0.6 is 0 Å². The first-order valence-corrected chi connectivity index (χ1v) is 5.04. The third-order valence-corrected chi connectivity index (χ3v) is 2.26. The Hall–Kier alpha value is -1.62. The van der Waals surface area contributed by atoms with Crippen LogP contribution in [0.2, 0.25) is 0 Å². The zero-order valence-electron chi connectivity index (χ0n) is 9.37. The molecule has 1 unspecified atom stereocenters. The number of carbonyl (C=O) groups is 1. The highest BCUT2D eigenvalue weighted by atomic mass is 16.1. The minimum atomic E-state index is -0.210. The molecule has 0 saturated heterocycles. The van der Waals surface area contributed by atoms with Crippen LogP contribution in [-0.4, -0.2) is 5.78 Å². The van der Waals surface area contributed by atoms with Gasteiger partial charge in [0.05, 0.1) is 12.0 Å². The minimum Gasteiger partial charge on any atom is -0.294 e. The Morgan fingerprint density at radius 1 is 1.33 bits per heavy atom. The predicted molar refractivity (Wildman–Crippen MR) is 59.6 cm³/mol. The molecule has 0 aliphatic carbocycles. The Bertz CT molecular complexity index is 395. The number of nitrogens with zero attached hydrogens (tertiary/aromatic N) is 1. The first-order valence-electron chi connectivity index (χ1n) is 5.04. The number of benzene rings is 1. The Morgan fingerprint density at radius 3 is 2.33 bits per heavy atom. The second kappa shape index (κ2) is 4.75. The van der Waals surface area contributed by atoms with Gasteiger partial charge < -0.3 is 0 Å². The fraction of sp³-hybridized carbons (Fsp3) is 0.385. The Morgan fingerprint density at radius 2 is 1.87 bits per heavy atom. The summed E-state index contributed by atoms with van der Waals surface area (Å²) < 4.78 is 0. The lowest BCUT2D eigenvalue weighted by molar-refractivity contribution is 0.0972. The highest BCUT2D eigenvalue weighted by Crippen LogP contribution is 2.13. The van der Waals surface area contributed by atoms with Crippen molar-refractivity contribution in [2.45, 2.75) is 27.2 Å². The van der Waals surface area contributed by atoms with Crippen molar-refractivity contribution in [3.8, 4) is 6.07 Å². The lowest BCUT2D eigenvalue weighted by Crippen LogP contribution is -2.05. The summed E-state index contributed by atoms with van der Waals surface area (Å²) in [6.07, 6.45) is 0.305. The van der Waals surface area contributed by atoms with Gasteiger partial charge in [-0.05, 0) is 32.9 Å². The second-order valence-corrected chi connectivity index (χ2v) is 4.03. The first kappa shape index (κ1) is 11.5. The van der Waals surface area contributed by atoms with Crippen molar-refractivity contribution in [2.24, 2.45) is 5.92 Å². The van der Waals surface area contributed by atoms with Crippen LogP contribution in [0.5, 0.6) is 0 Å². The molecule has 1 atom stereocenters. The van der Waals surface area contributed by atoms with Gasteiger partial charge in [0.15, 0.2) is 5.78 Å². The van der Waals surface area contributed by atoms with Crippen molar-refractivity contribution in [3.63, 3.8) is 0 Å². The van der Waals surface area contributed by atoms with E-state index in [4.69, 9.17) is 5.26 Å². The monoisotopic (exact) mass is 201 g/mol. The van der Waals surface area contributed by atoms with E-state index >= 15 is 0 Å². The van der Waals surface area contributed by atoms with Gasteiger partial charge in [-0.15, -0.1) is 0 Å². The number of carbonyl (C=O) groups excluding carboxylic acids is 1. The van der Waals surface area contributed by atoms with Crippen molar-refractivity contribution in [2.75, 3.05) is 0 Å². The lowest BCUT2D eigenvalue weighted by Gasteiger charge is -2.05. The summed E-state index contributed by atoms with van der Waals surface area (Å²) in [6, 6.07) is 7.86. The molecule has 78 valence electrons. The van der Waals surface area contributed by atoms with E-state index in [1.165, 1.54) is 0 Å². The lowest BCUT2D eigenvalue weighted by atomic mass is 9.98. The SMILES string of the molecule is Cc1cc(C)cc(C(=O)CC(C)C#N)c1. The van der Waals surface area contributed by atoms with Gasteiger partial charge in [0.25, 0.3) is 0 Å². The fourth-order valence-electron chi connectivity index (χ4n) is 1.58. The molecule has 1 aromatic carbocycles. The van der Waals surface area contributed by atoms with E-state index in [9.17, 15) is 4.79 Å². The summed E-state index contributed by atoms with van der Waals surface area (Å²) in [5.41, 5.74) is 2.89. The van der Waals surface area contributed by atoms with Crippen LogP contribution in [-0.2, 0) is 0 Å².